The summed E-state index contributed by atoms with van der Waals surface area (Å²) in [5, 5.41) is 17.1. The molecule has 0 atom stereocenters. The average Bonchev–Trinajstić information content (AvgIpc) is 2.62. The predicted molar refractivity (Wildman–Crippen MR) is 100 cm³/mol. The smallest absolute Gasteiger partial charge is 0.191 e. The fourth-order valence-electron chi connectivity index (χ4n) is 2.82. The van der Waals surface area contributed by atoms with E-state index in [0.29, 0.717) is 32.6 Å². The summed E-state index contributed by atoms with van der Waals surface area (Å²) in [6.07, 6.45) is 2.15. The molecule has 1 aromatic rings. The number of aliphatic hydroxyl groups is 1. The summed E-state index contributed by atoms with van der Waals surface area (Å²) in [7, 11) is 1.70. The van der Waals surface area contributed by atoms with E-state index in [4.69, 9.17) is 9.47 Å². The lowest BCUT2D eigenvalue weighted by Crippen LogP contribution is -2.43. The van der Waals surface area contributed by atoms with Crippen molar-refractivity contribution in [2.45, 2.75) is 38.7 Å². The highest BCUT2D eigenvalue weighted by Crippen LogP contribution is 2.21. The number of nitrogens with one attached hydrogen (secondary N) is 2. The van der Waals surface area contributed by atoms with Crippen molar-refractivity contribution in [3.05, 3.63) is 29.3 Å². The van der Waals surface area contributed by atoms with Crippen molar-refractivity contribution < 1.29 is 14.6 Å². The first-order valence-corrected chi connectivity index (χ1v) is 9.02. The van der Waals surface area contributed by atoms with Gasteiger partial charge in [-0.1, -0.05) is 12.1 Å². The lowest BCUT2D eigenvalue weighted by molar-refractivity contribution is -0.0565. The van der Waals surface area contributed by atoms with Crippen molar-refractivity contribution in [1.29, 1.82) is 0 Å². The van der Waals surface area contributed by atoms with Gasteiger partial charge in [0.25, 0.3) is 0 Å². The zero-order chi connectivity index (χ0) is 18.1. The topological polar surface area (TPSA) is 75.1 Å². The monoisotopic (exact) mass is 349 g/mol. The summed E-state index contributed by atoms with van der Waals surface area (Å²) >= 11 is 0. The van der Waals surface area contributed by atoms with Gasteiger partial charge in [0, 0.05) is 39.1 Å². The third kappa shape index (κ3) is 6.21. The Morgan fingerprint density at radius 2 is 2.08 bits per heavy atom. The molecular weight excluding hydrogens is 318 g/mol. The summed E-state index contributed by atoms with van der Waals surface area (Å²) < 4.78 is 10.7. The summed E-state index contributed by atoms with van der Waals surface area (Å²) in [5.41, 5.74) is 1.61. The van der Waals surface area contributed by atoms with E-state index in [9.17, 15) is 5.11 Å². The minimum atomic E-state index is -0.745. The molecule has 140 valence electrons. The number of aryl methyl sites for hydroxylation is 1. The molecule has 1 aliphatic heterocycles. The quantitative estimate of drug-likeness (QED) is 0.515. The molecule has 0 aliphatic carbocycles. The Kier molecular flexibility index (Phi) is 7.52. The van der Waals surface area contributed by atoms with Crippen molar-refractivity contribution in [2.24, 2.45) is 4.99 Å². The second-order valence-electron chi connectivity index (χ2n) is 6.51. The van der Waals surface area contributed by atoms with Crippen LogP contribution in [0, 0.1) is 6.92 Å². The molecule has 1 aromatic carbocycles. The molecule has 1 heterocycles. The third-order valence-electron chi connectivity index (χ3n) is 4.48. The second kappa shape index (κ2) is 9.63. The summed E-state index contributed by atoms with van der Waals surface area (Å²) in [6, 6.07) is 6.27. The van der Waals surface area contributed by atoms with Crippen LogP contribution in [0.15, 0.2) is 23.2 Å². The van der Waals surface area contributed by atoms with Gasteiger partial charge in [-0.05, 0) is 37.5 Å². The Morgan fingerprint density at radius 1 is 1.32 bits per heavy atom. The fourth-order valence-corrected chi connectivity index (χ4v) is 2.82. The molecular formula is C19H31N3O3. The van der Waals surface area contributed by atoms with Gasteiger partial charge in [-0.15, -0.1) is 0 Å². The SMILES string of the molecule is CCNC(=NCC1(O)CCOCC1)NCCc1ccc(C)c(OC)c1. The molecule has 25 heavy (non-hydrogen) atoms. The molecule has 0 spiro atoms. The van der Waals surface area contributed by atoms with Crippen molar-refractivity contribution in [1.82, 2.24) is 10.6 Å². The van der Waals surface area contributed by atoms with Crippen LogP contribution in [0.1, 0.15) is 30.9 Å². The van der Waals surface area contributed by atoms with Gasteiger partial charge in [0.05, 0.1) is 19.3 Å². The van der Waals surface area contributed by atoms with Crippen LogP contribution in [0.2, 0.25) is 0 Å². The normalized spacial score (nSPS) is 17.2. The lowest BCUT2D eigenvalue weighted by atomic mass is 9.95. The Morgan fingerprint density at radius 3 is 2.76 bits per heavy atom. The summed E-state index contributed by atoms with van der Waals surface area (Å²) in [6.45, 7) is 7.22. The van der Waals surface area contributed by atoms with E-state index in [-0.39, 0.29) is 0 Å². The van der Waals surface area contributed by atoms with Crippen LogP contribution in [-0.4, -0.2) is 56.6 Å². The van der Waals surface area contributed by atoms with Crippen molar-refractivity contribution in [3.8, 4) is 5.75 Å². The molecule has 0 bridgehead atoms. The number of hydrogen-bond donors (Lipinski definition) is 3. The summed E-state index contributed by atoms with van der Waals surface area (Å²) in [5.74, 6) is 1.65. The highest BCUT2D eigenvalue weighted by molar-refractivity contribution is 5.79. The molecule has 0 radical (unpaired) electrons. The maximum atomic E-state index is 10.5. The number of guanidine groups is 1. The van der Waals surface area contributed by atoms with Gasteiger partial charge in [-0.2, -0.15) is 0 Å². The molecule has 3 N–H and O–H groups in total. The van der Waals surface area contributed by atoms with Crippen LogP contribution in [0.25, 0.3) is 0 Å². The Labute approximate surface area is 150 Å². The van der Waals surface area contributed by atoms with E-state index in [1.807, 2.05) is 13.8 Å². The van der Waals surface area contributed by atoms with E-state index in [1.54, 1.807) is 7.11 Å². The fraction of sp³-hybridized carbons (Fsp3) is 0.632. The van der Waals surface area contributed by atoms with Crippen molar-refractivity contribution >= 4 is 5.96 Å². The van der Waals surface area contributed by atoms with Crippen LogP contribution < -0.4 is 15.4 Å². The maximum absolute atomic E-state index is 10.5. The average molecular weight is 349 g/mol. The number of benzene rings is 1. The van der Waals surface area contributed by atoms with Gasteiger partial charge in [0.2, 0.25) is 0 Å². The van der Waals surface area contributed by atoms with Crippen LogP contribution in [0.3, 0.4) is 0 Å². The molecule has 1 fully saturated rings. The van der Waals surface area contributed by atoms with Gasteiger partial charge >= 0.3 is 0 Å². The van der Waals surface area contributed by atoms with Gasteiger partial charge in [-0.25, -0.2) is 0 Å². The zero-order valence-electron chi connectivity index (χ0n) is 15.6. The number of rotatable bonds is 7. The largest absolute Gasteiger partial charge is 0.496 e. The molecule has 0 aromatic heterocycles. The molecule has 0 unspecified atom stereocenters. The minimum absolute atomic E-state index is 0.393. The third-order valence-corrected chi connectivity index (χ3v) is 4.48. The van der Waals surface area contributed by atoms with E-state index in [2.05, 4.69) is 33.8 Å². The molecule has 0 amide bonds. The maximum Gasteiger partial charge on any atom is 0.191 e. The van der Waals surface area contributed by atoms with Gasteiger partial charge < -0.3 is 25.2 Å². The molecule has 0 saturated carbocycles. The number of ether oxygens (including phenoxy) is 2. The van der Waals surface area contributed by atoms with E-state index < -0.39 is 5.60 Å². The Hall–Kier alpha value is -1.79. The van der Waals surface area contributed by atoms with Gasteiger partial charge in [0.1, 0.15) is 5.75 Å². The minimum Gasteiger partial charge on any atom is -0.496 e. The van der Waals surface area contributed by atoms with E-state index >= 15 is 0 Å². The van der Waals surface area contributed by atoms with Gasteiger partial charge in [0.15, 0.2) is 5.96 Å². The van der Waals surface area contributed by atoms with Crippen LogP contribution in [0.4, 0.5) is 0 Å². The summed E-state index contributed by atoms with van der Waals surface area (Å²) in [4.78, 5) is 4.55. The first-order valence-electron chi connectivity index (χ1n) is 9.02. The van der Waals surface area contributed by atoms with Gasteiger partial charge in [-0.3, -0.25) is 4.99 Å². The van der Waals surface area contributed by atoms with Crippen molar-refractivity contribution in [3.63, 3.8) is 0 Å². The van der Waals surface area contributed by atoms with Crippen LogP contribution in [0.5, 0.6) is 5.75 Å². The van der Waals surface area contributed by atoms with E-state index in [0.717, 1.165) is 36.8 Å². The Balaban J connectivity index is 1.87. The standard InChI is InChI=1S/C19H31N3O3/c1-4-20-18(22-14-19(23)8-11-25-12-9-19)21-10-7-16-6-5-15(2)17(13-16)24-3/h5-6,13,23H,4,7-12,14H2,1-3H3,(H2,20,21,22). The van der Waals surface area contributed by atoms with E-state index in [1.165, 1.54) is 5.56 Å². The number of methoxy groups -OCH3 is 1. The number of aliphatic imine (C=N–C) groups is 1. The molecule has 6 nitrogen and oxygen atoms in total. The molecule has 6 heteroatoms. The highest BCUT2D eigenvalue weighted by Gasteiger charge is 2.29. The first kappa shape index (κ1) is 19.5. The molecule has 1 aliphatic rings. The highest BCUT2D eigenvalue weighted by atomic mass is 16.5. The van der Waals surface area contributed by atoms with Crippen LogP contribution in [-0.2, 0) is 11.2 Å². The number of hydrogen-bond acceptors (Lipinski definition) is 4. The first-order chi connectivity index (χ1) is 12.1. The lowest BCUT2D eigenvalue weighted by Gasteiger charge is -2.30. The Bertz CT molecular complexity index is 569. The van der Waals surface area contributed by atoms with Crippen molar-refractivity contribution in [2.75, 3.05) is 40.0 Å². The predicted octanol–water partition coefficient (Wildman–Crippen LogP) is 1.64. The van der Waals surface area contributed by atoms with Crippen LogP contribution >= 0.6 is 0 Å². The molecule has 2 rings (SSSR count). The molecule has 1 saturated heterocycles. The zero-order valence-corrected chi connectivity index (χ0v) is 15.6. The second-order valence-corrected chi connectivity index (χ2v) is 6.51. The number of nitrogens with zero attached hydrogens (tertiary/aromatic N) is 1.